The third-order valence-electron chi connectivity index (χ3n) is 4.62. The molecule has 0 unspecified atom stereocenters. The maximum atomic E-state index is 12.8. The average molecular weight is 448 g/mol. The zero-order chi connectivity index (χ0) is 22.3. The second-order valence-corrected chi connectivity index (χ2v) is 7.69. The zero-order valence-electron chi connectivity index (χ0n) is 17.6. The Morgan fingerprint density at radius 1 is 0.938 bits per heavy atom. The first-order valence-electron chi connectivity index (χ1n) is 9.81. The number of anilines is 1. The van der Waals surface area contributed by atoms with E-state index in [4.69, 9.17) is 13.9 Å². The van der Waals surface area contributed by atoms with Gasteiger partial charge in [-0.1, -0.05) is 30.3 Å². The van der Waals surface area contributed by atoms with Gasteiger partial charge in [0, 0.05) is 16.0 Å². The minimum absolute atomic E-state index is 0.247. The molecule has 1 heterocycles. The van der Waals surface area contributed by atoms with Gasteiger partial charge in [0.1, 0.15) is 0 Å². The van der Waals surface area contributed by atoms with Crippen LogP contribution in [0.1, 0.15) is 16.2 Å². The van der Waals surface area contributed by atoms with Crippen LogP contribution in [-0.2, 0) is 5.75 Å². The van der Waals surface area contributed by atoms with Gasteiger partial charge in [-0.05, 0) is 42.5 Å². The number of aromatic nitrogens is 2. The maximum Gasteiger partial charge on any atom is 0.255 e. The number of methoxy groups -OCH3 is 2. The number of hydrogen-bond donors (Lipinski definition) is 1. The summed E-state index contributed by atoms with van der Waals surface area (Å²) < 4.78 is 16.3. The summed E-state index contributed by atoms with van der Waals surface area (Å²) in [4.78, 5) is 13.7. The fourth-order valence-electron chi connectivity index (χ4n) is 3.02. The van der Waals surface area contributed by atoms with Crippen LogP contribution in [0.3, 0.4) is 0 Å². The molecule has 1 aromatic heterocycles. The first-order chi connectivity index (χ1) is 15.7. The molecule has 8 heteroatoms. The summed E-state index contributed by atoms with van der Waals surface area (Å²) in [7, 11) is 3.09. The lowest BCUT2D eigenvalue weighted by molar-refractivity contribution is 0.102. The number of nitrogens with one attached hydrogen (secondary N) is 1. The molecule has 3 aromatic carbocycles. The van der Waals surface area contributed by atoms with Gasteiger partial charge in [-0.15, -0.1) is 22.0 Å². The van der Waals surface area contributed by atoms with Crippen LogP contribution in [0.25, 0.3) is 11.5 Å². The number of carbonyl (C=O) groups is 1. The van der Waals surface area contributed by atoms with E-state index in [0.29, 0.717) is 40.3 Å². The number of ether oxygens (including phenoxy) is 2. The maximum absolute atomic E-state index is 12.8. The largest absolute Gasteiger partial charge is 0.493 e. The molecule has 1 N–H and O–H groups in total. The van der Waals surface area contributed by atoms with Gasteiger partial charge in [0.05, 0.1) is 25.7 Å². The highest BCUT2D eigenvalue weighted by Crippen LogP contribution is 2.32. The lowest BCUT2D eigenvalue weighted by atomic mass is 10.2. The molecule has 0 aliphatic heterocycles. The quantitative estimate of drug-likeness (QED) is 0.367. The van der Waals surface area contributed by atoms with Crippen LogP contribution < -0.4 is 14.8 Å². The molecule has 0 aliphatic carbocycles. The molecule has 162 valence electrons. The minimum Gasteiger partial charge on any atom is -0.493 e. The van der Waals surface area contributed by atoms with Gasteiger partial charge in [-0.3, -0.25) is 4.79 Å². The Morgan fingerprint density at radius 3 is 2.47 bits per heavy atom. The molecule has 32 heavy (non-hydrogen) atoms. The topological polar surface area (TPSA) is 86.5 Å². The zero-order valence-corrected chi connectivity index (χ0v) is 18.4. The van der Waals surface area contributed by atoms with Crippen molar-refractivity contribution in [2.24, 2.45) is 0 Å². The number of amides is 1. The summed E-state index contributed by atoms with van der Waals surface area (Å²) in [6.45, 7) is 0. The second-order valence-electron chi connectivity index (χ2n) is 6.68. The van der Waals surface area contributed by atoms with Crippen LogP contribution in [0.4, 0.5) is 5.69 Å². The van der Waals surface area contributed by atoms with E-state index in [-0.39, 0.29) is 5.91 Å². The Balaban J connectivity index is 1.45. The van der Waals surface area contributed by atoms with E-state index in [0.717, 1.165) is 10.5 Å². The molecule has 0 saturated heterocycles. The number of thioether (sulfide) groups is 1. The highest BCUT2D eigenvalue weighted by atomic mass is 32.2. The first kappa shape index (κ1) is 21.5. The van der Waals surface area contributed by atoms with E-state index >= 15 is 0 Å². The first-order valence-corrected chi connectivity index (χ1v) is 10.8. The average Bonchev–Trinajstić information content (AvgIpc) is 3.32. The van der Waals surface area contributed by atoms with Gasteiger partial charge in [0.2, 0.25) is 11.8 Å². The molecule has 7 nitrogen and oxygen atoms in total. The predicted molar refractivity (Wildman–Crippen MR) is 123 cm³/mol. The predicted octanol–water partition coefficient (Wildman–Crippen LogP) is 5.30. The molecule has 0 aliphatic rings. The standard InChI is InChI=1S/C24H21N3O4S/c1-29-19-13-12-17(14-20(19)30-2)23(28)25-18-10-6-7-11-21(18)32-15-22-26-27-24(31-22)16-8-4-3-5-9-16/h3-14H,15H2,1-2H3,(H,25,28). The Morgan fingerprint density at radius 2 is 1.69 bits per heavy atom. The number of hydrogen-bond acceptors (Lipinski definition) is 7. The van der Waals surface area contributed by atoms with Crippen molar-refractivity contribution in [2.45, 2.75) is 10.6 Å². The van der Waals surface area contributed by atoms with E-state index in [1.165, 1.54) is 18.9 Å². The van der Waals surface area contributed by atoms with E-state index < -0.39 is 0 Å². The highest BCUT2D eigenvalue weighted by molar-refractivity contribution is 7.98. The second kappa shape index (κ2) is 10.0. The molecule has 4 rings (SSSR count). The van der Waals surface area contributed by atoms with Crippen LogP contribution >= 0.6 is 11.8 Å². The molecular weight excluding hydrogens is 426 g/mol. The van der Waals surface area contributed by atoms with Gasteiger partial charge in [-0.2, -0.15) is 0 Å². The molecular formula is C24H21N3O4S. The smallest absolute Gasteiger partial charge is 0.255 e. The van der Waals surface area contributed by atoms with Crippen molar-refractivity contribution >= 4 is 23.4 Å². The Bertz CT molecular complexity index is 1210. The Hall–Kier alpha value is -3.78. The summed E-state index contributed by atoms with van der Waals surface area (Å²) in [5.74, 6) is 2.28. The highest BCUT2D eigenvalue weighted by Gasteiger charge is 2.14. The van der Waals surface area contributed by atoms with E-state index in [9.17, 15) is 4.79 Å². The van der Waals surface area contributed by atoms with Gasteiger partial charge in [0.15, 0.2) is 11.5 Å². The lowest BCUT2D eigenvalue weighted by Gasteiger charge is -2.12. The van der Waals surface area contributed by atoms with Gasteiger partial charge >= 0.3 is 0 Å². The van der Waals surface area contributed by atoms with E-state index in [1.807, 2.05) is 54.6 Å². The summed E-state index contributed by atoms with van der Waals surface area (Å²) in [5, 5.41) is 11.2. The van der Waals surface area contributed by atoms with Crippen LogP contribution in [0.15, 0.2) is 82.1 Å². The molecule has 1 amide bonds. The summed E-state index contributed by atoms with van der Waals surface area (Å²) in [6, 6.07) is 22.2. The van der Waals surface area contributed by atoms with Crippen molar-refractivity contribution in [1.29, 1.82) is 0 Å². The van der Waals surface area contributed by atoms with Crippen LogP contribution in [0, 0.1) is 0 Å². The van der Waals surface area contributed by atoms with Crippen molar-refractivity contribution in [1.82, 2.24) is 10.2 Å². The monoisotopic (exact) mass is 447 g/mol. The van der Waals surface area contributed by atoms with Gasteiger partial charge < -0.3 is 19.2 Å². The molecule has 0 spiro atoms. The molecule has 4 aromatic rings. The number of rotatable bonds is 8. The molecule has 0 radical (unpaired) electrons. The van der Waals surface area contributed by atoms with Crippen molar-refractivity contribution < 1.29 is 18.7 Å². The Kier molecular flexibility index (Phi) is 6.72. The van der Waals surface area contributed by atoms with Crippen LogP contribution in [-0.4, -0.2) is 30.3 Å². The number of benzene rings is 3. The van der Waals surface area contributed by atoms with Crippen LogP contribution in [0.5, 0.6) is 11.5 Å². The molecule has 0 fully saturated rings. The molecule has 0 atom stereocenters. The normalized spacial score (nSPS) is 10.6. The third-order valence-corrected chi connectivity index (χ3v) is 5.68. The van der Waals surface area contributed by atoms with E-state index in [1.54, 1.807) is 25.3 Å². The summed E-state index contributed by atoms with van der Waals surface area (Å²) >= 11 is 1.50. The summed E-state index contributed by atoms with van der Waals surface area (Å²) in [5.41, 5.74) is 2.03. The SMILES string of the molecule is COc1ccc(C(=O)Nc2ccccc2SCc2nnc(-c3ccccc3)o2)cc1OC. The number of para-hydroxylation sites is 1. The molecule has 0 bridgehead atoms. The van der Waals surface area contributed by atoms with Crippen LogP contribution in [0.2, 0.25) is 0 Å². The fraction of sp³-hybridized carbons (Fsp3) is 0.125. The van der Waals surface area contributed by atoms with E-state index in [2.05, 4.69) is 15.5 Å². The van der Waals surface area contributed by atoms with Crippen molar-refractivity contribution in [3.8, 4) is 23.0 Å². The number of nitrogens with zero attached hydrogens (tertiary/aromatic N) is 2. The molecule has 0 saturated carbocycles. The third kappa shape index (κ3) is 4.92. The lowest BCUT2D eigenvalue weighted by Crippen LogP contribution is -2.12. The van der Waals surface area contributed by atoms with Crippen molar-refractivity contribution in [2.75, 3.05) is 19.5 Å². The van der Waals surface area contributed by atoms with Gasteiger partial charge in [-0.25, -0.2) is 0 Å². The van der Waals surface area contributed by atoms with Crippen molar-refractivity contribution in [3.63, 3.8) is 0 Å². The van der Waals surface area contributed by atoms with Crippen molar-refractivity contribution in [3.05, 3.63) is 84.3 Å². The minimum atomic E-state index is -0.247. The van der Waals surface area contributed by atoms with Gasteiger partial charge in [0.25, 0.3) is 5.91 Å². The fourth-order valence-corrected chi connectivity index (χ4v) is 3.86. The Labute approximate surface area is 189 Å². The summed E-state index contributed by atoms with van der Waals surface area (Å²) in [6.07, 6.45) is 0. The number of carbonyl (C=O) groups excluding carboxylic acids is 1.